The summed E-state index contributed by atoms with van der Waals surface area (Å²) in [6, 6.07) is 13.8. The zero-order chi connectivity index (χ0) is 18.4. The van der Waals surface area contributed by atoms with Gasteiger partial charge in [0, 0.05) is 5.69 Å². The summed E-state index contributed by atoms with van der Waals surface area (Å²) < 4.78 is 5.72. The molecule has 1 unspecified atom stereocenters. The lowest BCUT2D eigenvalue weighted by molar-refractivity contribution is -0.894. The van der Waals surface area contributed by atoms with Gasteiger partial charge in [-0.05, 0) is 51.0 Å². The van der Waals surface area contributed by atoms with Gasteiger partial charge in [-0.1, -0.05) is 35.9 Å². The van der Waals surface area contributed by atoms with Gasteiger partial charge in [-0.15, -0.1) is 0 Å². The lowest BCUT2D eigenvalue weighted by Crippen LogP contribution is -3.14. The van der Waals surface area contributed by atoms with E-state index in [2.05, 4.69) is 24.4 Å². The van der Waals surface area contributed by atoms with Crippen molar-refractivity contribution >= 4 is 11.6 Å². The van der Waals surface area contributed by atoms with Gasteiger partial charge in [0.1, 0.15) is 18.9 Å². The first-order valence-electron chi connectivity index (χ1n) is 8.77. The third kappa shape index (κ3) is 5.33. The number of aryl methyl sites for hydroxylation is 3. The number of amides is 1. The number of carbonyl (C=O) groups excluding carboxylic acids is 1. The van der Waals surface area contributed by atoms with E-state index in [0.717, 1.165) is 34.0 Å². The van der Waals surface area contributed by atoms with Crippen molar-refractivity contribution < 1.29 is 14.4 Å². The van der Waals surface area contributed by atoms with Crippen LogP contribution in [0, 0.1) is 20.8 Å². The topological polar surface area (TPSA) is 42.8 Å². The molecular weight excluding hydrogens is 312 g/mol. The number of carbonyl (C=O) groups is 1. The lowest BCUT2D eigenvalue weighted by atomic mass is 10.0. The zero-order valence-corrected chi connectivity index (χ0v) is 15.8. The number of quaternary nitrogens is 1. The fraction of sp³-hybridized carbons (Fsp3) is 0.381. The molecule has 0 aliphatic carbocycles. The van der Waals surface area contributed by atoms with E-state index >= 15 is 0 Å². The highest BCUT2D eigenvalue weighted by atomic mass is 16.5. The van der Waals surface area contributed by atoms with Gasteiger partial charge in [-0.2, -0.15) is 0 Å². The Labute approximate surface area is 150 Å². The summed E-state index contributed by atoms with van der Waals surface area (Å²) in [5, 5.41) is 3.09. The number of para-hydroxylation sites is 1. The summed E-state index contributed by atoms with van der Waals surface area (Å²) >= 11 is 0. The average Bonchev–Trinajstić information content (AvgIpc) is 2.58. The Morgan fingerprint density at radius 2 is 1.72 bits per heavy atom. The molecule has 25 heavy (non-hydrogen) atoms. The molecule has 134 valence electrons. The van der Waals surface area contributed by atoms with E-state index in [4.69, 9.17) is 4.74 Å². The van der Waals surface area contributed by atoms with E-state index in [-0.39, 0.29) is 11.9 Å². The third-order valence-corrected chi connectivity index (χ3v) is 4.57. The van der Waals surface area contributed by atoms with Crippen LogP contribution in [0.3, 0.4) is 0 Å². The summed E-state index contributed by atoms with van der Waals surface area (Å²) in [5.41, 5.74) is 4.34. The van der Waals surface area contributed by atoms with E-state index < -0.39 is 0 Å². The maximum atomic E-state index is 12.6. The summed E-state index contributed by atoms with van der Waals surface area (Å²) in [6.07, 6.45) is 0. The molecule has 0 heterocycles. The number of benzene rings is 2. The normalized spacial score (nSPS) is 13.2. The van der Waals surface area contributed by atoms with Crippen LogP contribution in [0.1, 0.15) is 23.6 Å². The Bertz CT molecular complexity index is 690. The van der Waals surface area contributed by atoms with Gasteiger partial charge in [-0.25, -0.2) is 0 Å². The van der Waals surface area contributed by atoms with Crippen molar-refractivity contribution in [1.29, 1.82) is 0 Å². The molecule has 2 rings (SSSR count). The number of likely N-dealkylation sites (N-methyl/N-ethyl adjacent to an activating group) is 1. The van der Waals surface area contributed by atoms with Crippen LogP contribution in [0.15, 0.2) is 42.5 Å². The van der Waals surface area contributed by atoms with Crippen LogP contribution in [-0.4, -0.2) is 32.1 Å². The van der Waals surface area contributed by atoms with Crippen LogP contribution in [0.4, 0.5) is 5.69 Å². The number of rotatable bonds is 7. The summed E-state index contributed by atoms with van der Waals surface area (Å²) in [4.78, 5) is 13.7. The number of hydrogen-bond acceptors (Lipinski definition) is 2. The SMILES string of the molecule is Cc1cc(C)c(NC(=O)[C@H](C)[NH+](C)CCOc2ccccc2)c(C)c1. The van der Waals surface area contributed by atoms with E-state index in [1.54, 1.807) is 0 Å². The highest BCUT2D eigenvalue weighted by Gasteiger charge is 2.22. The van der Waals surface area contributed by atoms with E-state index in [1.165, 1.54) is 5.56 Å². The fourth-order valence-corrected chi connectivity index (χ4v) is 2.90. The van der Waals surface area contributed by atoms with Crippen molar-refractivity contribution in [2.24, 2.45) is 0 Å². The smallest absolute Gasteiger partial charge is 0.282 e. The van der Waals surface area contributed by atoms with Gasteiger partial charge in [0.15, 0.2) is 6.04 Å². The largest absolute Gasteiger partial charge is 0.488 e. The molecule has 2 aromatic rings. The van der Waals surface area contributed by atoms with Crippen molar-refractivity contribution in [1.82, 2.24) is 0 Å². The maximum absolute atomic E-state index is 12.6. The number of hydrogen-bond donors (Lipinski definition) is 2. The third-order valence-electron chi connectivity index (χ3n) is 4.57. The minimum atomic E-state index is -0.153. The molecule has 4 nitrogen and oxygen atoms in total. The van der Waals surface area contributed by atoms with Crippen LogP contribution in [0.5, 0.6) is 5.75 Å². The van der Waals surface area contributed by atoms with Crippen LogP contribution in [0.25, 0.3) is 0 Å². The van der Waals surface area contributed by atoms with E-state index in [1.807, 2.05) is 58.2 Å². The first-order chi connectivity index (χ1) is 11.9. The zero-order valence-electron chi connectivity index (χ0n) is 15.8. The molecule has 2 atom stereocenters. The number of nitrogens with one attached hydrogen (secondary N) is 2. The van der Waals surface area contributed by atoms with Crippen LogP contribution < -0.4 is 15.0 Å². The molecule has 0 saturated heterocycles. The molecule has 2 N–H and O–H groups in total. The second-order valence-electron chi connectivity index (χ2n) is 6.74. The molecule has 0 aromatic heterocycles. The van der Waals surface area contributed by atoms with Crippen LogP contribution >= 0.6 is 0 Å². The van der Waals surface area contributed by atoms with Gasteiger partial charge in [0.25, 0.3) is 5.91 Å². The molecule has 0 radical (unpaired) electrons. The first-order valence-corrected chi connectivity index (χ1v) is 8.77. The molecule has 0 spiro atoms. The van der Waals surface area contributed by atoms with Gasteiger partial charge in [0.05, 0.1) is 7.05 Å². The molecule has 1 amide bonds. The van der Waals surface area contributed by atoms with Crippen molar-refractivity contribution in [2.45, 2.75) is 33.7 Å². The Morgan fingerprint density at radius 1 is 1.12 bits per heavy atom. The minimum Gasteiger partial charge on any atom is -0.488 e. The van der Waals surface area contributed by atoms with Crippen LogP contribution in [0.2, 0.25) is 0 Å². The lowest BCUT2D eigenvalue weighted by Gasteiger charge is -2.22. The van der Waals surface area contributed by atoms with Crippen molar-refractivity contribution in [3.05, 3.63) is 59.2 Å². The van der Waals surface area contributed by atoms with Crippen molar-refractivity contribution in [3.8, 4) is 5.75 Å². The second kappa shape index (κ2) is 8.67. The Hall–Kier alpha value is -2.33. The first kappa shape index (κ1) is 19.0. The second-order valence-corrected chi connectivity index (χ2v) is 6.74. The summed E-state index contributed by atoms with van der Waals surface area (Å²) in [7, 11) is 2.02. The van der Waals surface area contributed by atoms with Crippen molar-refractivity contribution in [3.63, 3.8) is 0 Å². The Morgan fingerprint density at radius 3 is 2.32 bits per heavy atom. The predicted octanol–water partition coefficient (Wildman–Crippen LogP) is 2.53. The molecule has 0 bridgehead atoms. The Kier molecular flexibility index (Phi) is 6.59. The minimum absolute atomic E-state index is 0.0345. The highest BCUT2D eigenvalue weighted by Crippen LogP contribution is 2.21. The number of ether oxygens (including phenoxy) is 1. The predicted molar refractivity (Wildman–Crippen MR) is 102 cm³/mol. The maximum Gasteiger partial charge on any atom is 0.282 e. The summed E-state index contributed by atoms with van der Waals surface area (Å²) in [5.74, 6) is 0.894. The molecule has 0 saturated carbocycles. The molecule has 0 aliphatic heterocycles. The summed E-state index contributed by atoms with van der Waals surface area (Å²) in [6.45, 7) is 9.42. The van der Waals surface area contributed by atoms with Gasteiger partial charge < -0.3 is 15.0 Å². The van der Waals surface area contributed by atoms with Gasteiger partial charge in [0.2, 0.25) is 0 Å². The Balaban J connectivity index is 1.88. The number of anilines is 1. The molecule has 0 fully saturated rings. The fourth-order valence-electron chi connectivity index (χ4n) is 2.90. The van der Waals surface area contributed by atoms with Crippen LogP contribution in [-0.2, 0) is 4.79 Å². The van der Waals surface area contributed by atoms with Gasteiger partial charge >= 0.3 is 0 Å². The quantitative estimate of drug-likeness (QED) is 0.813. The molecule has 0 aliphatic rings. The van der Waals surface area contributed by atoms with E-state index in [0.29, 0.717) is 6.61 Å². The van der Waals surface area contributed by atoms with E-state index in [9.17, 15) is 4.79 Å². The average molecular weight is 341 g/mol. The molecular formula is C21H29N2O2+. The molecule has 2 aromatic carbocycles. The van der Waals surface area contributed by atoms with Gasteiger partial charge in [-0.3, -0.25) is 4.79 Å². The molecule has 4 heteroatoms. The highest BCUT2D eigenvalue weighted by molar-refractivity contribution is 5.95. The monoisotopic (exact) mass is 341 g/mol. The standard InChI is InChI=1S/C21H28N2O2/c1-15-13-16(2)20(17(3)14-15)22-21(24)18(4)23(5)11-12-25-19-9-7-6-8-10-19/h6-10,13-14,18H,11-12H2,1-5H3,(H,22,24)/p+1/t18-/m0/s1. The van der Waals surface area contributed by atoms with Crippen molar-refractivity contribution in [2.75, 3.05) is 25.5 Å².